The SMILES string of the molecule is COc1ccc(C(NCCO)(c2ccccc2)c2ccc(OC)cc2)cc1. The molecule has 0 heterocycles. The monoisotopic (exact) mass is 363 g/mol. The zero-order valence-electron chi connectivity index (χ0n) is 15.7. The van der Waals surface area contributed by atoms with Crippen molar-refractivity contribution < 1.29 is 14.6 Å². The van der Waals surface area contributed by atoms with Crippen molar-refractivity contribution in [3.63, 3.8) is 0 Å². The molecule has 0 aliphatic rings. The van der Waals surface area contributed by atoms with Gasteiger partial charge in [0.15, 0.2) is 0 Å². The molecule has 140 valence electrons. The molecule has 0 spiro atoms. The molecule has 0 unspecified atom stereocenters. The van der Waals surface area contributed by atoms with Gasteiger partial charge in [0.05, 0.1) is 26.4 Å². The fraction of sp³-hybridized carbons (Fsp3) is 0.217. The zero-order valence-corrected chi connectivity index (χ0v) is 15.7. The van der Waals surface area contributed by atoms with Crippen LogP contribution in [0.1, 0.15) is 16.7 Å². The molecule has 4 nitrogen and oxygen atoms in total. The second-order valence-corrected chi connectivity index (χ2v) is 6.22. The molecule has 0 fully saturated rings. The molecule has 4 heteroatoms. The van der Waals surface area contributed by atoms with Gasteiger partial charge in [0, 0.05) is 6.54 Å². The Morgan fingerprint density at radius 1 is 0.704 bits per heavy atom. The van der Waals surface area contributed by atoms with Crippen molar-refractivity contribution >= 4 is 0 Å². The minimum Gasteiger partial charge on any atom is -0.497 e. The van der Waals surface area contributed by atoms with Crippen LogP contribution in [0.3, 0.4) is 0 Å². The Morgan fingerprint density at radius 2 is 1.15 bits per heavy atom. The maximum Gasteiger partial charge on any atom is 0.118 e. The lowest BCUT2D eigenvalue weighted by Crippen LogP contribution is -2.45. The first-order valence-corrected chi connectivity index (χ1v) is 8.95. The van der Waals surface area contributed by atoms with Gasteiger partial charge in [-0.15, -0.1) is 0 Å². The summed E-state index contributed by atoms with van der Waals surface area (Å²) >= 11 is 0. The quantitative estimate of drug-likeness (QED) is 0.601. The fourth-order valence-electron chi connectivity index (χ4n) is 3.42. The number of aliphatic hydroxyl groups excluding tert-OH is 1. The standard InChI is InChI=1S/C23H25NO3/c1-26-21-12-8-19(9-13-21)23(24-16-17-25,18-6-4-3-5-7-18)20-10-14-22(27-2)15-11-20/h3-15,24-25H,16-17H2,1-2H3. The number of hydrogen-bond acceptors (Lipinski definition) is 4. The highest BCUT2D eigenvalue weighted by Crippen LogP contribution is 2.38. The van der Waals surface area contributed by atoms with Gasteiger partial charge in [-0.05, 0) is 41.0 Å². The third-order valence-corrected chi connectivity index (χ3v) is 4.75. The van der Waals surface area contributed by atoms with E-state index in [1.165, 1.54) is 0 Å². The van der Waals surface area contributed by atoms with Crippen LogP contribution in [-0.2, 0) is 5.54 Å². The number of methoxy groups -OCH3 is 2. The summed E-state index contributed by atoms with van der Waals surface area (Å²) in [7, 11) is 3.32. The molecular formula is C23H25NO3. The normalized spacial score (nSPS) is 11.2. The van der Waals surface area contributed by atoms with Gasteiger partial charge in [0.2, 0.25) is 0 Å². The van der Waals surface area contributed by atoms with E-state index in [9.17, 15) is 5.11 Å². The molecule has 0 aliphatic carbocycles. The second-order valence-electron chi connectivity index (χ2n) is 6.22. The van der Waals surface area contributed by atoms with Crippen LogP contribution in [0.4, 0.5) is 0 Å². The lowest BCUT2D eigenvalue weighted by atomic mass is 9.77. The Morgan fingerprint density at radius 3 is 1.56 bits per heavy atom. The maximum absolute atomic E-state index is 9.53. The third kappa shape index (κ3) is 3.82. The summed E-state index contributed by atoms with van der Waals surface area (Å²) < 4.78 is 10.7. The van der Waals surface area contributed by atoms with Gasteiger partial charge in [-0.1, -0.05) is 54.6 Å². The largest absolute Gasteiger partial charge is 0.497 e. The predicted octanol–water partition coefficient (Wildman–Crippen LogP) is 3.58. The zero-order chi connectivity index (χ0) is 19.1. The molecule has 0 atom stereocenters. The van der Waals surface area contributed by atoms with Crippen LogP contribution >= 0.6 is 0 Å². The summed E-state index contributed by atoms with van der Waals surface area (Å²) in [5.41, 5.74) is 2.61. The Hall–Kier alpha value is -2.82. The van der Waals surface area contributed by atoms with Crippen LogP contribution in [0, 0.1) is 0 Å². The molecular weight excluding hydrogens is 338 g/mol. The number of aliphatic hydroxyl groups is 1. The molecule has 27 heavy (non-hydrogen) atoms. The van der Waals surface area contributed by atoms with E-state index < -0.39 is 5.54 Å². The van der Waals surface area contributed by atoms with Crippen molar-refractivity contribution in [3.05, 3.63) is 95.6 Å². The van der Waals surface area contributed by atoms with E-state index in [4.69, 9.17) is 9.47 Å². The van der Waals surface area contributed by atoms with E-state index in [0.29, 0.717) is 6.54 Å². The van der Waals surface area contributed by atoms with Gasteiger partial charge in [-0.2, -0.15) is 0 Å². The second kappa shape index (κ2) is 8.71. The van der Waals surface area contributed by atoms with E-state index in [1.54, 1.807) is 14.2 Å². The van der Waals surface area contributed by atoms with Gasteiger partial charge in [-0.25, -0.2) is 0 Å². The molecule has 3 aromatic rings. The average Bonchev–Trinajstić information content (AvgIpc) is 2.76. The number of ether oxygens (including phenoxy) is 2. The number of benzene rings is 3. The topological polar surface area (TPSA) is 50.7 Å². The van der Waals surface area contributed by atoms with Gasteiger partial charge >= 0.3 is 0 Å². The molecule has 0 saturated carbocycles. The van der Waals surface area contributed by atoms with Crippen LogP contribution in [0.15, 0.2) is 78.9 Å². The highest BCUT2D eigenvalue weighted by atomic mass is 16.5. The number of rotatable bonds is 8. The first kappa shape index (κ1) is 19.0. The highest BCUT2D eigenvalue weighted by molar-refractivity contribution is 5.51. The molecule has 0 saturated heterocycles. The van der Waals surface area contributed by atoms with E-state index in [0.717, 1.165) is 28.2 Å². The summed E-state index contributed by atoms with van der Waals surface area (Å²) in [5, 5.41) is 13.1. The van der Waals surface area contributed by atoms with Crippen LogP contribution < -0.4 is 14.8 Å². The molecule has 0 amide bonds. The Kier molecular flexibility index (Phi) is 6.12. The first-order chi connectivity index (χ1) is 13.2. The van der Waals surface area contributed by atoms with E-state index in [-0.39, 0.29) is 6.61 Å². The summed E-state index contributed by atoms with van der Waals surface area (Å²) in [6.07, 6.45) is 0. The predicted molar refractivity (Wildman–Crippen MR) is 107 cm³/mol. The highest BCUT2D eigenvalue weighted by Gasteiger charge is 2.35. The average molecular weight is 363 g/mol. The lowest BCUT2D eigenvalue weighted by molar-refractivity contribution is 0.277. The molecule has 2 N–H and O–H groups in total. The summed E-state index contributed by atoms with van der Waals surface area (Å²) in [6, 6.07) is 26.3. The molecule has 0 bridgehead atoms. The van der Waals surface area contributed by atoms with E-state index in [1.807, 2.05) is 42.5 Å². The molecule has 0 aromatic heterocycles. The van der Waals surface area contributed by atoms with Crippen molar-refractivity contribution in [3.8, 4) is 11.5 Å². The van der Waals surface area contributed by atoms with Crippen molar-refractivity contribution in [1.82, 2.24) is 5.32 Å². The van der Waals surface area contributed by atoms with Crippen molar-refractivity contribution in [1.29, 1.82) is 0 Å². The minimum atomic E-state index is -0.609. The van der Waals surface area contributed by atoms with Crippen molar-refractivity contribution in [2.45, 2.75) is 5.54 Å². The van der Waals surface area contributed by atoms with Crippen LogP contribution in [0.25, 0.3) is 0 Å². The van der Waals surface area contributed by atoms with Crippen LogP contribution in [0.2, 0.25) is 0 Å². The van der Waals surface area contributed by atoms with Gasteiger partial charge in [-0.3, -0.25) is 5.32 Å². The van der Waals surface area contributed by atoms with E-state index >= 15 is 0 Å². The van der Waals surface area contributed by atoms with Crippen LogP contribution in [0.5, 0.6) is 11.5 Å². The minimum absolute atomic E-state index is 0.0426. The van der Waals surface area contributed by atoms with Crippen molar-refractivity contribution in [2.24, 2.45) is 0 Å². The summed E-state index contributed by atoms with van der Waals surface area (Å²) in [5.74, 6) is 1.61. The molecule has 0 aliphatic heterocycles. The smallest absolute Gasteiger partial charge is 0.118 e. The van der Waals surface area contributed by atoms with E-state index in [2.05, 4.69) is 41.7 Å². The molecule has 3 aromatic carbocycles. The Bertz CT molecular complexity index is 782. The molecule has 3 rings (SSSR count). The Balaban J connectivity index is 2.22. The lowest BCUT2D eigenvalue weighted by Gasteiger charge is -2.37. The first-order valence-electron chi connectivity index (χ1n) is 8.95. The summed E-state index contributed by atoms with van der Waals surface area (Å²) in [6.45, 7) is 0.494. The van der Waals surface area contributed by atoms with Gasteiger partial charge in [0.25, 0.3) is 0 Å². The third-order valence-electron chi connectivity index (χ3n) is 4.75. The van der Waals surface area contributed by atoms with Gasteiger partial charge in [0.1, 0.15) is 11.5 Å². The van der Waals surface area contributed by atoms with Gasteiger partial charge < -0.3 is 14.6 Å². The fourth-order valence-corrected chi connectivity index (χ4v) is 3.42. The molecule has 0 radical (unpaired) electrons. The number of nitrogens with one attached hydrogen (secondary N) is 1. The number of hydrogen-bond donors (Lipinski definition) is 2. The summed E-state index contributed by atoms with van der Waals surface area (Å²) in [4.78, 5) is 0. The maximum atomic E-state index is 9.53. The van der Waals surface area contributed by atoms with Crippen LogP contribution in [-0.4, -0.2) is 32.5 Å². The van der Waals surface area contributed by atoms with Crippen molar-refractivity contribution in [2.75, 3.05) is 27.4 Å². The Labute approximate surface area is 160 Å².